The first-order chi connectivity index (χ1) is 8.31. The van der Waals surface area contributed by atoms with E-state index in [0.717, 1.165) is 17.9 Å². The summed E-state index contributed by atoms with van der Waals surface area (Å²) < 4.78 is 13.1. The molecule has 0 fully saturated rings. The second-order valence-corrected chi connectivity index (χ2v) is 4.21. The van der Waals surface area contributed by atoms with Crippen molar-refractivity contribution in [1.82, 2.24) is 9.78 Å². The van der Waals surface area contributed by atoms with Crippen molar-refractivity contribution in [3.8, 4) is 11.5 Å². The van der Waals surface area contributed by atoms with Crippen LogP contribution in [0, 0.1) is 0 Å². The fraction of sp³-hybridized carbons (Fsp3) is 0.308. The number of ether oxygens (including phenoxy) is 2. The first-order valence-corrected chi connectivity index (χ1v) is 5.67. The topological polar surface area (TPSA) is 36.3 Å². The molecule has 0 radical (unpaired) electrons. The van der Waals surface area contributed by atoms with E-state index < -0.39 is 0 Å². The first kappa shape index (κ1) is 10.2. The van der Waals surface area contributed by atoms with Crippen molar-refractivity contribution >= 4 is 0 Å². The molecule has 1 unspecified atom stereocenters. The predicted molar refractivity (Wildman–Crippen MR) is 63.3 cm³/mol. The summed E-state index contributed by atoms with van der Waals surface area (Å²) in [6.07, 6.45) is 4.58. The van der Waals surface area contributed by atoms with Crippen molar-refractivity contribution < 1.29 is 9.47 Å². The number of nitrogens with zero attached hydrogens (tertiary/aromatic N) is 2. The van der Waals surface area contributed by atoms with E-state index in [1.165, 1.54) is 5.56 Å². The van der Waals surface area contributed by atoms with Crippen LogP contribution in [-0.4, -0.2) is 22.5 Å². The molecule has 3 rings (SSSR count). The van der Waals surface area contributed by atoms with Gasteiger partial charge < -0.3 is 9.47 Å². The quantitative estimate of drug-likeness (QED) is 0.806. The molecular formula is C13H14N2O2. The van der Waals surface area contributed by atoms with Gasteiger partial charge >= 0.3 is 0 Å². The van der Waals surface area contributed by atoms with Crippen molar-refractivity contribution in [2.45, 2.75) is 12.5 Å². The first-order valence-electron chi connectivity index (χ1n) is 5.67. The largest absolute Gasteiger partial charge is 0.486 e. The minimum atomic E-state index is 0.104. The van der Waals surface area contributed by atoms with Crippen molar-refractivity contribution in [2.75, 3.05) is 6.61 Å². The normalized spacial score (nSPS) is 17.6. The molecule has 4 heteroatoms. The number of benzene rings is 1. The second-order valence-electron chi connectivity index (χ2n) is 4.21. The third kappa shape index (κ3) is 2.11. The molecule has 0 amide bonds. The number of hydrogen-bond donors (Lipinski definition) is 0. The van der Waals surface area contributed by atoms with Gasteiger partial charge in [-0.25, -0.2) is 0 Å². The standard InChI is InChI=1S/C13H14N2O2/c1-15-8-12(7-14-15)16-9-11-6-10-4-2-3-5-13(10)17-11/h2-5,7-8,11H,6,9H2,1H3. The third-order valence-electron chi connectivity index (χ3n) is 2.83. The summed E-state index contributed by atoms with van der Waals surface area (Å²) in [5, 5.41) is 4.05. The Balaban J connectivity index is 1.59. The summed E-state index contributed by atoms with van der Waals surface area (Å²) in [7, 11) is 1.87. The van der Waals surface area contributed by atoms with Crippen LogP contribution >= 0.6 is 0 Å². The molecule has 88 valence electrons. The van der Waals surface area contributed by atoms with Crippen LogP contribution in [0.25, 0.3) is 0 Å². The third-order valence-corrected chi connectivity index (χ3v) is 2.83. The van der Waals surface area contributed by atoms with E-state index in [0.29, 0.717) is 6.61 Å². The van der Waals surface area contributed by atoms with Crippen molar-refractivity contribution in [3.05, 3.63) is 42.2 Å². The van der Waals surface area contributed by atoms with Crippen LogP contribution in [0.2, 0.25) is 0 Å². The van der Waals surface area contributed by atoms with Gasteiger partial charge in [-0.3, -0.25) is 4.68 Å². The average Bonchev–Trinajstić information content (AvgIpc) is 2.91. The molecule has 0 N–H and O–H groups in total. The number of aryl methyl sites for hydroxylation is 1. The zero-order valence-corrected chi connectivity index (χ0v) is 9.67. The van der Waals surface area contributed by atoms with Crippen molar-refractivity contribution in [2.24, 2.45) is 7.05 Å². The van der Waals surface area contributed by atoms with Crippen LogP contribution in [0.5, 0.6) is 11.5 Å². The lowest BCUT2D eigenvalue weighted by Gasteiger charge is -2.10. The van der Waals surface area contributed by atoms with Gasteiger partial charge in [0.1, 0.15) is 18.5 Å². The fourth-order valence-corrected chi connectivity index (χ4v) is 2.01. The van der Waals surface area contributed by atoms with Crippen LogP contribution in [-0.2, 0) is 13.5 Å². The highest BCUT2D eigenvalue weighted by molar-refractivity contribution is 5.37. The molecule has 1 aliphatic rings. The molecule has 1 atom stereocenters. The molecule has 0 saturated heterocycles. The van der Waals surface area contributed by atoms with E-state index in [4.69, 9.17) is 9.47 Å². The maximum atomic E-state index is 5.78. The Labute approximate surface area is 99.8 Å². The van der Waals surface area contributed by atoms with Gasteiger partial charge in [0.15, 0.2) is 5.75 Å². The predicted octanol–water partition coefficient (Wildman–Crippen LogP) is 1.80. The van der Waals surface area contributed by atoms with Crippen LogP contribution in [0.4, 0.5) is 0 Å². The maximum absolute atomic E-state index is 5.78. The van der Waals surface area contributed by atoms with E-state index in [-0.39, 0.29) is 6.10 Å². The number of fused-ring (bicyclic) bond motifs is 1. The SMILES string of the molecule is Cn1cc(OCC2Cc3ccccc3O2)cn1. The summed E-state index contributed by atoms with van der Waals surface area (Å²) in [5.74, 6) is 1.76. The number of aromatic nitrogens is 2. The van der Waals surface area contributed by atoms with Crippen molar-refractivity contribution in [1.29, 1.82) is 0 Å². The minimum absolute atomic E-state index is 0.104. The molecule has 2 heterocycles. The smallest absolute Gasteiger partial charge is 0.157 e. The highest BCUT2D eigenvalue weighted by atomic mass is 16.5. The van der Waals surface area contributed by atoms with E-state index in [2.05, 4.69) is 11.2 Å². The van der Waals surface area contributed by atoms with Gasteiger partial charge in [-0.05, 0) is 11.6 Å². The van der Waals surface area contributed by atoms with Gasteiger partial charge in [-0.15, -0.1) is 0 Å². The monoisotopic (exact) mass is 230 g/mol. The van der Waals surface area contributed by atoms with Crippen LogP contribution in [0.15, 0.2) is 36.7 Å². The molecule has 0 spiro atoms. The Morgan fingerprint density at radius 3 is 3.12 bits per heavy atom. The summed E-state index contributed by atoms with van der Waals surface area (Å²) in [4.78, 5) is 0. The Morgan fingerprint density at radius 1 is 1.47 bits per heavy atom. The van der Waals surface area contributed by atoms with E-state index in [1.807, 2.05) is 31.4 Å². The van der Waals surface area contributed by atoms with Gasteiger partial charge in [-0.1, -0.05) is 18.2 Å². The Kier molecular flexibility index (Phi) is 2.48. The second kappa shape index (κ2) is 4.13. The highest BCUT2D eigenvalue weighted by Crippen LogP contribution is 2.28. The van der Waals surface area contributed by atoms with E-state index in [1.54, 1.807) is 10.9 Å². The summed E-state index contributed by atoms with van der Waals surface area (Å²) in [6.45, 7) is 0.556. The number of para-hydroxylation sites is 1. The molecule has 1 aromatic heterocycles. The van der Waals surface area contributed by atoms with Gasteiger partial charge in [0.05, 0.1) is 12.4 Å². The Morgan fingerprint density at radius 2 is 2.35 bits per heavy atom. The summed E-state index contributed by atoms with van der Waals surface area (Å²) in [5.41, 5.74) is 1.26. The van der Waals surface area contributed by atoms with E-state index >= 15 is 0 Å². The lowest BCUT2D eigenvalue weighted by molar-refractivity contribution is 0.148. The number of rotatable bonds is 3. The molecule has 2 aromatic rings. The minimum Gasteiger partial charge on any atom is -0.486 e. The Bertz CT molecular complexity index is 497. The van der Waals surface area contributed by atoms with Crippen molar-refractivity contribution in [3.63, 3.8) is 0 Å². The molecular weight excluding hydrogens is 216 g/mol. The lowest BCUT2D eigenvalue weighted by atomic mass is 10.1. The van der Waals surface area contributed by atoms with E-state index in [9.17, 15) is 0 Å². The molecule has 0 bridgehead atoms. The fourth-order valence-electron chi connectivity index (χ4n) is 2.01. The van der Waals surface area contributed by atoms with Crippen LogP contribution < -0.4 is 9.47 Å². The molecule has 0 saturated carbocycles. The zero-order chi connectivity index (χ0) is 11.7. The van der Waals surface area contributed by atoms with Gasteiger partial charge in [0.2, 0.25) is 0 Å². The average molecular weight is 230 g/mol. The number of hydrogen-bond acceptors (Lipinski definition) is 3. The maximum Gasteiger partial charge on any atom is 0.157 e. The molecule has 1 aliphatic heterocycles. The van der Waals surface area contributed by atoms with Gasteiger partial charge in [0, 0.05) is 13.5 Å². The molecule has 0 aliphatic carbocycles. The van der Waals surface area contributed by atoms with Gasteiger partial charge in [0.25, 0.3) is 0 Å². The van der Waals surface area contributed by atoms with Crippen LogP contribution in [0.1, 0.15) is 5.56 Å². The summed E-state index contributed by atoms with van der Waals surface area (Å²) >= 11 is 0. The molecule has 17 heavy (non-hydrogen) atoms. The van der Waals surface area contributed by atoms with Gasteiger partial charge in [-0.2, -0.15) is 5.10 Å². The molecule has 4 nitrogen and oxygen atoms in total. The summed E-state index contributed by atoms with van der Waals surface area (Å²) in [6, 6.07) is 8.12. The zero-order valence-electron chi connectivity index (χ0n) is 9.67. The lowest BCUT2D eigenvalue weighted by Crippen LogP contribution is -2.22. The Hall–Kier alpha value is -1.97. The highest BCUT2D eigenvalue weighted by Gasteiger charge is 2.22. The van der Waals surface area contributed by atoms with Crippen LogP contribution in [0.3, 0.4) is 0 Å². The molecule has 1 aromatic carbocycles.